The Morgan fingerprint density at radius 3 is 2.48 bits per heavy atom. The number of carbonyl (C=O) groups is 1. The highest BCUT2D eigenvalue weighted by Crippen LogP contribution is 2.42. The van der Waals surface area contributed by atoms with Gasteiger partial charge in [-0.05, 0) is 105 Å². The van der Waals surface area contributed by atoms with E-state index in [1.807, 2.05) is 32.0 Å². The molecule has 0 radical (unpaired) electrons. The highest BCUT2D eigenvalue weighted by Gasteiger charge is 2.21. The first-order valence-corrected chi connectivity index (χ1v) is 16.7. The minimum Gasteiger partial charge on any atom is -0.494 e. The molecule has 48 heavy (non-hydrogen) atoms. The molecular formula is C36H33Br2FN4O5. The van der Waals surface area contributed by atoms with Gasteiger partial charge in [0.15, 0.2) is 23.9 Å². The number of nitrogens with one attached hydrogen (secondary N) is 1. The number of hydrogen-bond donors (Lipinski definition) is 1. The summed E-state index contributed by atoms with van der Waals surface area (Å²) in [6.45, 7) is 8.18. The van der Waals surface area contributed by atoms with Crippen LogP contribution in [0.5, 0.6) is 17.2 Å². The van der Waals surface area contributed by atoms with Crippen molar-refractivity contribution in [1.82, 2.24) is 9.66 Å². The zero-order chi connectivity index (χ0) is 34.5. The number of rotatable bonds is 11. The van der Waals surface area contributed by atoms with E-state index in [0.717, 1.165) is 22.4 Å². The molecule has 0 aliphatic rings. The highest BCUT2D eigenvalue weighted by atomic mass is 79.9. The Morgan fingerprint density at radius 2 is 1.77 bits per heavy atom. The van der Waals surface area contributed by atoms with Crippen molar-refractivity contribution in [3.05, 3.63) is 109 Å². The van der Waals surface area contributed by atoms with Gasteiger partial charge in [-0.1, -0.05) is 38.1 Å². The van der Waals surface area contributed by atoms with Crippen LogP contribution in [0.15, 0.2) is 85.6 Å². The van der Waals surface area contributed by atoms with E-state index < -0.39 is 18.3 Å². The predicted octanol–water partition coefficient (Wildman–Crippen LogP) is 8.47. The molecule has 0 atom stereocenters. The van der Waals surface area contributed by atoms with E-state index in [1.54, 1.807) is 30.3 Å². The number of hydrogen-bond acceptors (Lipinski definition) is 7. The standard InChI is InChI=1S/C36H33Br2FN4O5/c1-6-47-29-15-21(4)25(17-24(29)20(2)3)35-42-27-13-9-7-11-23(27)36(45)43(35)40-18-22-16-30(46-5)34(33(38)32(22)37)48-19-31(44)41-28-14-10-8-12-26(28)39/h7-18,20H,6,19H2,1-5H3,(H,41,44). The Bertz CT molecular complexity index is 2100. The maximum atomic E-state index is 14.0. The van der Waals surface area contributed by atoms with Crippen LogP contribution in [0.3, 0.4) is 0 Å². The summed E-state index contributed by atoms with van der Waals surface area (Å²) in [4.78, 5) is 31.4. The number of fused-ring (bicyclic) bond motifs is 1. The minimum absolute atomic E-state index is 0.0449. The normalized spacial score (nSPS) is 11.4. The van der Waals surface area contributed by atoms with Crippen LogP contribution >= 0.6 is 31.9 Å². The quantitative estimate of drug-likeness (QED) is 0.135. The van der Waals surface area contributed by atoms with Gasteiger partial charge in [-0.3, -0.25) is 9.59 Å². The van der Waals surface area contributed by atoms with Gasteiger partial charge in [0.25, 0.3) is 11.5 Å². The summed E-state index contributed by atoms with van der Waals surface area (Å²) < 4.78 is 33.5. The van der Waals surface area contributed by atoms with Crippen LogP contribution < -0.4 is 25.1 Å². The van der Waals surface area contributed by atoms with Gasteiger partial charge in [0.05, 0.1) is 41.0 Å². The summed E-state index contributed by atoms with van der Waals surface area (Å²) in [6.07, 6.45) is 1.51. The molecule has 1 amide bonds. The van der Waals surface area contributed by atoms with E-state index in [0.29, 0.717) is 43.6 Å². The molecule has 5 rings (SSSR count). The van der Waals surface area contributed by atoms with Gasteiger partial charge in [0.2, 0.25) is 0 Å². The molecule has 248 valence electrons. The number of anilines is 1. The molecule has 12 heteroatoms. The third-order valence-electron chi connectivity index (χ3n) is 7.46. The van der Waals surface area contributed by atoms with Crippen molar-refractivity contribution in [3.8, 4) is 28.6 Å². The van der Waals surface area contributed by atoms with E-state index in [4.69, 9.17) is 19.2 Å². The largest absolute Gasteiger partial charge is 0.494 e. The fraction of sp³-hybridized carbons (Fsp3) is 0.222. The Hall–Kier alpha value is -4.55. The second kappa shape index (κ2) is 15.1. The summed E-state index contributed by atoms with van der Waals surface area (Å²) >= 11 is 7.11. The fourth-order valence-electron chi connectivity index (χ4n) is 5.07. The zero-order valence-electron chi connectivity index (χ0n) is 26.9. The van der Waals surface area contributed by atoms with Crippen LogP contribution in [0.4, 0.5) is 10.1 Å². The molecule has 1 aromatic heterocycles. The zero-order valence-corrected chi connectivity index (χ0v) is 30.1. The first kappa shape index (κ1) is 34.8. The molecule has 0 fully saturated rings. The van der Waals surface area contributed by atoms with Crippen molar-refractivity contribution in [2.75, 3.05) is 25.6 Å². The van der Waals surface area contributed by atoms with Crippen LogP contribution in [0, 0.1) is 12.7 Å². The van der Waals surface area contributed by atoms with E-state index >= 15 is 0 Å². The van der Waals surface area contributed by atoms with Crippen molar-refractivity contribution in [1.29, 1.82) is 0 Å². The number of benzene rings is 4. The molecule has 4 aromatic carbocycles. The molecule has 0 aliphatic heterocycles. The Kier molecular flexibility index (Phi) is 11.0. The van der Waals surface area contributed by atoms with E-state index in [-0.39, 0.29) is 22.9 Å². The van der Waals surface area contributed by atoms with Crippen LogP contribution in [0.2, 0.25) is 0 Å². The molecule has 9 nitrogen and oxygen atoms in total. The first-order chi connectivity index (χ1) is 23.0. The monoisotopic (exact) mass is 778 g/mol. The number of aryl methyl sites for hydroxylation is 1. The molecule has 0 spiro atoms. The molecule has 0 aliphatic carbocycles. The smallest absolute Gasteiger partial charge is 0.282 e. The van der Waals surface area contributed by atoms with Gasteiger partial charge in [-0.25, -0.2) is 9.37 Å². The molecule has 0 saturated carbocycles. The Labute approximate surface area is 294 Å². The van der Waals surface area contributed by atoms with Crippen molar-refractivity contribution in [2.24, 2.45) is 5.10 Å². The summed E-state index contributed by atoms with van der Waals surface area (Å²) in [5.74, 6) is 0.733. The third-order valence-corrected chi connectivity index (χ3v) is 9.60. The second-order valence-electron chi connectivity index (χ2n) is 11.0. The summed E-state index contributed by atoms with van der Waals surface area (Å²) in [5.41, 5.74) is 3.41. The molecule has 0 bridgehead atoms. The van der Waals surface area contributed by atoms with Gasteiger partial charge >= 0.3 is 0 Å². The molecule has 1 N–H and O–H groups in total. The van der Waals surface area contributed by atoms with Gasteiger partial charge < -0.3 is 19.5 Å². The Balaban J connectivity index is 1.55. The molecule has 0 unspecified atom stereocenters. The van der Waals surface area contributed by atoms with Crippen LogP contribution in [-0.2, 0) is 4.79 Å². The van der Waals surface area contributed by atoms with E-state index in [2.05, 4.69) is 56.1 Å². The first-order valence-electron chi connectivity index (χ1n) is 15.1. The van der Waals surface area contributed by atoms with E-state index in [1.165, 1.54) is 36.2 Å². The average molecular weight is 780 g/mol. The van der Waals surface area contributed by atoms with Crippen LogP contribution in [0.1, 0.15) is 43.4 Å². The van der Waals surface area contributed by atoms with Gasteiger partial charge in [-0.15, -0.1) is 0 Å². The average Bonchev–Trinajstić information content (AvgIpc) is 3.06. The Morgan fingerprint density at radius 1 is 1.04 bits per heavy atom. The molecule has 1 heterocycles. The van der Waals surface area contributed by atoms with Crippen molar-refractivity contribution < 1.29 is 23.4 Å². The molecule has 5 aromatic rings. The second-order valence-corrected chi connectivity index (χ2v) is 12.6. The number of carbonyl (C=O) groups excluding carboxylic acids is 1. The lowest BCUT2D eigenvalue weighted by Crippen LogP contribution is -2.21. The number of amides is 1. The molecular weight excluding hydrogens is 747 g/mol. The van der Waals surface area contributed by atoms with Crippen molar-refractivity contribution in [2.45, 2.75) is 33.6 Å². The van der Waals surface area contributed by atoms with Gasteiger partial charge in [-0.2, -0.15) is 9.78 Å². The summed E-state index contributed by atoms with van der Waals surface area (Å²) in [7, 11) is 1.46. The summed E-state index contributed by atoms with van der Waals surface area (Å²) in [6, 6.07) is 18.6. The van der Waals surface area contributed by atoms with Crippen molar-refractivity contribution in [3.63, 3.8) is 0 Å². The predicted molar refractivity (Wildman–Crippen MR) is 193 cm³/mol. The van der Waals surface area contributed by atoms with Gasteiger partial charge in [0.1, 0.15) is 11.6 Å². The molecule has 0 saturated heterocycles. The third kappa shape index (κ3) is 7.29. The number of nitrogens with zero attached hydrogens (tertiary/aromatic N) is 3. The van der Waals surface area contributed by atoms with Crippen LogP contribution in [0.25, 0.3) is 22.3 Å². The number of methoxy groups -OCH3 is 1. The lowest BCUT2D eigenvalue weighted by atomic mass is 9.96. The van der Waals surface area contributed by atoms with Crippen molar-refractivity contribution >= 4 is 60.6 Å². The number of aromatic nitrogens is 2. The number of para-hydroxylation sites is 2. The fourth-order valence-corrected chi connectivity index (χ4v) is 6.00. The summed E-state index contributed by atoms with van der Waals surface area (Å²) in [5, 5.41) is 7.56. The lowest BCUT2D eigenvalue weighted by molar-refractivity contribution is -0.118. The lowest BCUT2D eigenvalue weighted by Gasteiger charge is -2.18. The minimum atomic E-state index is -0.559. The SMILES string of the molecule is CCOc1cc(C)c(-c2nc3ccccc3c(=O)n2N=Cc2cc(OC)c(OCC(=O)Nc3ccccc3F)c(Br)c2Br)cc1C(C)C. The highest BCUT2D eigenvalue weighted by molar-refractivity contribution is 9.13. The van der Waals surface area contributed by atoms with E-state index in [9.17, 15) is 14.0 Å². The topological polar surface area (TPSA) is 104 Å². The maximum Gasteiger partial charge on any atom is 0.282 e. The number of ether oxygens (including phenoxy) is 3. The maximum absolute atomic E-state index is 14.0. The van der Waals surface area contributed by atoms with Gasteiger partial charge in [0, 0.05) is 15.6 Å². The number of halogens is 3. The van der Waals surface area contributed by atoms with Crippen LogP contribution in [-0.4, -0.2) is 42.1 Å².